The van der Waals surface area contributed by atoms with Crippen LogP contribution in [0, 0.1) is 11.7 Å². The van der Waals surface area contributed by atoms with Gasteiger partial charge >= 0.3 is 0 Å². The minimum atomic E-state index is -0.301. The minimum Gasteiger partial charge on any atom is -0.310 e. The van der Waals surface area contributed by atoms with Gasteiger partial charge in [-0.25, -0.2) is 9.97 Å². The van der Waals surface area contributed by atoms with E-state index in [0.717, 1.165) is 10.4 Å². The van der Waals surface area contributed by atoms with Crippen molar-refractivity contribution in [2.24, 2.45) is 0 Å². The number of hydrogen-bond donors (Lipinski definition) is 1. The molecule has 0 spiro atoms. The third kappa shape index (κ3) is 1.82. The summed E-state index contributed by atoms with van der Waals surface area (Å²) < 4.78 is 2.15. The Labute approximate surface area is 125 Å². The number of nitrogens with one attached hydrogen (secondary N) is 1. The van der Waals surface area contributed by atoms with E-state index < -0.39 is 0 Å². The molecule has 3 heterocycles. The Balaban J connectivity index is 2.45. The average Bonchev–Trinajstić information content (AvgIpc) is 2.74. The first kappa shape index (κ1) is 13.4. The van der Waals surface area contributed by atoms with Crippen LogP contribution in [0.3, 0.4) is 0 Å². The topological polar surface area (TPSA) is 72.7 Å². The molecule has 1 aliphatic heterocycles. The Morgan fingerprint density at radius 3 is 2.80 bits per heavy atom. The fraction of sp³-hybridized carbons (Fsp3) is 0.417. The van der Waals surface area contributed by atoms with E-state index in [1.165, 1.54) is 11.8 Å². The summed E-state index contributed by atoms with van der Waals surface area (Å²) in [6.45, 7) is 3.77. The molecule has 104 valence electrons. The molecule has 1 unspecified atom stereocenters. The van der Waals surface area contributed by atoms with E-state index in [4.69, 9.17) is 12.2 Å². The Morgan fingerprint density at radius 1 is 1.40 bits per heavy atom. The second kappa shape index (κ2) is 4.78. The van der Waals surface area contributed by atoms with Crippen molar-refractivity contribution in [1.29, 1.82) is 0 Å². The van der Waals surface area contributed by atoms with Gasteiger partial charge in [0.15, 0.2) is 5.65 Å². The number of amides is 1. The molecular weight excluding hydrogens is 294 g/mol. The summed E-state index contributed by atoms with van der Waals surface area (Å²) in [6, 6.07) is -0.301. The van der Waals surface area contributed by atoms with Crippen LogP contribution in [0.2, 0.25) is 0 Å². The lowest BCUT2D eigenvalue weighted by atomic mass is 10.2. The molecule has 0 aromatic carbocycles. The van der Waals surface area contributed by atoms with E-state index in [2.05, 4.69) is 20.3 Å². The molecule has 1 N–H and O–H groups in total. The van der Waals surface area contributed by atoms with E-state index in [9.17, 15) is 4.79 Å². The molecule has 6 nitrogen and oxygen atoms in total. The summed E-state index contributed by atoms with van der Waals surface area (Å²) in [5.41, 5.74) is 0.537. The number of aryl methyl sites for hydroxylation is 1. The highest BCUT2D eigenvalue weighted by Crippen LogP contribution is 2.36. The predicted molar refractivity (Wildman–Crippen MR) is 80.6 cm³/mol. The monoisotopic (exact) mass is 307 g/mol. The first-order valence-electron chi connectivity index (χ1n) is 6.22. The number of fused-ring (bicyclic) bond motifs is 3. The number of rotatable bonds is 2. The summed E-state index contributed by atoms with van der Waals surface area (Å²) in [6.07, 6.45) is 2.61. The normalized spacial score (nSPS) is 17.4. The standard InChI is InChI=1S/C12H13N5OS2/c1-4-6-10(18)16-9-7-8(15-12(19)17(6)9)13-5(2)14-11(7)20-3/h6H,4H2,1-3H3,(H,16,18). The van der Waals surface area contributed by atoms with Gasteiger partial charge in [-0.1, -0.05) is 6.92 Å². The van der Waals surface area contributed by atoms with Crippen molar-refractivity contribution in [2.45, 2.75) is 31.3 Å². The maximum absolute atomic E-state index is 12.1. The summed E-state index contributed by atoms with van der Waals surface area (Å²) in [5, 5.41) is 4.47. The summed E-state index contributed by atoms with van der Waals surface area (Å²) >= 11 is 6.82. The highest BCUT2D eigenvalue weighted by atomic mass is 32.2. The zero-order valence-electron chi connectivity index (χ0n) is 11.3. The quantitative estimate of drug-likeness (QED) is 0.522. The minimum absolute atomic E-state index is 0.0551. The number of carbonyl (C=O) groups is 1. The van der Waals surface area contributed by atoms with Crippen LogP contribution in [0.4, 0.5) is 5.82 Å². The van der Waals surface area contributed by atoms with Gasteiger partial charge in [0.1, 0.15) is 22.7 Å². The Bertz CT molecular complexity index is 785. The highest BCUT2D eigenvalue weighted by molar-refractivity contribution is 7.98. The van der Waals surface area contributed by atoms with Gasteiger partial charge in [-0.05, 0) is 31.8 Å². The van der Waals surface area contributed by atoms with Crippen LogP contribution in [-0.2, 0) is 4.79 Å². The Morgan fingerprint density at radius 2 is 2.15 bits per heavy atom. The van der Waals surface area contributed by atoms with Crippen molar-refractivity contribution in [3.05, 3.63) is 10.6 Å². The summed E-state index contributed by atoms with van der Waals surface area (Å²) in [4.78, 5) is 25.2. The second-order valence-corrected chi connectivity index (χ2v) is 5.67. The van der Waals surface area contributed by atoms with Gasteiger partial charge in [-0.2, -0.15) is 4.98 Å². The third-order valence-electron chi connectivity index (χ3n) is 3.29. The fourth-order valence-electron chi connectivity index (χ4n) is 2.43. The first-order valence-corrected chi connectivity index (χ1v) is 7.85. The van der Waals surface area contributed by atoms with Crippen molar-refractivity contribution in [2.75, 3.05) is 11.6 Å². The second-order valence-electron chi connectivity index (χ2n) is 4.50. The molecule has 2 aromatic heterocycles. The predicted octanol–water partition coefficient (Wildman–Crippen LogP) is 2.49. The number of anilines is 1. The summed E-state index contributed by atoms with van der Waals surface area (Å²) in [7, 11) is 0. The van der Waals surface area contributed by atoms with Gasteiger partial charge in [0.05, 0.1) is 5.39 Å². The van der Waals surface area contributed by atoms with Crippen molar-refractivity contribution < 1.29 is 4.79 Å². The van der Waals surface area contributed by atoms with Crippen LogP contribution in [0.15, 0.2) is 5.03 Å². The van der Waals surface area contributed by atoms with Crippen LogP contribution >= 0.6 is 24.0 Å². The van der Waals surface area contributed by atoms with Gasteiger partial charge < -0.3 is 5.32 Å². The maximum atomic E-state index is 12.1. The van der Waals surface area contributed by atoms with Gasteiger partial charge in [0.2, 0.25) is 10.7 Å². The van der Waals surface area contributed by atoms with E-state index in [1.54, 1.807) is 4.57 Å². The Kier molecular flexibility index (Phi) is 3.21. The van der Waals surface area contributed by atoms with Crippen molar-refractivity contribution >= 4 is 46.7 Å². The molecule has 0 fully saturated rings. The number of aromatic nitrogens is 4. The average molecular weight is 307 g/mol. The number of carbonyl (C=O) groups excluding carboxylic acids is 1. The zero-order chi connectivity index (χ0) is 14.4. The smallest absolute Gasteiger partial charge is 0.248 e. The molecule has 2 aromatic rings. The fourth-order valence-corrected chi connectivity index (χ4v) is 3.35. The number of thioether (sulfide) groups is 1. The first-order chi connectivity index (χ1) is 9.56. The molecule has 3 rings (SSSR count). The molecule has 8 heteroatoms. The molecule has 0 aliphatic carbocycles. The van der Waals surface area contributed by atoms with Crippen LogP contribution in [0.25, 0.3) is 11.0 Å². The number of hydrogen-bond acceptors (Lipinski definition) is 6. The Hall–Kier alpha value is -1.54. The van der Waals surface area contributed by atoms with E-state index in [-0.39, 0.29) is 11.9 Å². The molecule has 1 atom stereocenters. The maximum Gasteiger partial charge on any atom is 0.248 e. The molecular formula is C12H13N5OS2. The molecule has 1 aliphatic rings. The zero-order valence-corrected chi connectivity index (χ0v) is 12.9. The SMILES string of the molecule is CCC1C(=O)Nc2c3c(SC)nc(C)nc3nc(=S)n21. The molecule has 0 bridgehead atoms. The molecule has 20 heavy (non-hydrogen) atoms. The molecule has 1 amide bonds. The molecule has 0 saturated carbocycles. The molecule has 0 radical (unpaired) electrons. The third-order valence-corrected chi connectivity index (χ3v) is 4.26. The van der Waals surface area contributed by atoms with Crippen LogP contribution in [-0.4, -0.2) is 31.7 Å². The lowest BCUT2D eigenvalue weighted by molar-refractivity contribution is -0.118. The summed E-state index contributed by atoms with van der Waals surface area (Å²) in [5.74, 6) is 1.26. The lowest BCUT2D eigenvalue weighted by Crippen LogP contribution is -2.14. The van der Waals surface area contributed by atoms with Gasteiger partial charge in [0.25, 0.3) is 0 Å². The van der Waals surface area contributed by atoms with Crippen LogP contribution < -0.4 is 5.32 Å². The lowest BCUT2D eigenvalue weighted by Gasteiger charge is -2.12. The van der Waals surface area contributed by atoms with Crippen molar-refractivity contribution in [1.82, 2.24) is 19.5 Å². The number of nitrogens with zero attached hydrogens (tertiary/aromatic N) is 4. The van der Waals surface area contributed by atoms with Crippen molar-refractivity contribution in [3.8, 4) is 0 Å². The van der Waals surface area contributed by atoms with E-state index >= 15 is 0 Å². The van der Waals surface area contributed by atoms with Gasteiger partial charge in [0, 0.05) is 0 Å². The van der Waals surface area contributed by atoms with Crippen LogP contribution in [0.1, 0.15) is 25.2 Å². The van der Waals surface area contributed by atoms with E-state index in [1.807, 2.05) is 20.1 Å². The van der Waals surface area contributed by atoms with Gasteiger partial charge in [-0.15, -0.1) is 11.8 Å². The highest BCUT2D eigenvalue weighted by Gasteiger charge is 2.32. The molecule has 0 saturated heterocycles. The largest absolute Gasteiger partial charge is 0.310 e. The van der Waals surface area contributed by atoms with Crippen molar-refractivity contribution in [3.63, 3.8) is 0 Å². The van der Waals surface area contributed by atoms with Crippen LogP contribution in [0.5, 0.6) is 0 Å². The van der Waals surface area contributed by atoms with Gasteiger partial charge in [-0.3, -0.25) is 9.36 Å². The van der Waals surface area contributed by atoms with E-state index in [0.29, 0.717) is 28.5 Å².